The number of ether oxygens (including phenoxy) is 2. The standard InChI is InChI=1S/C11H17NO3.C11H13N.C10H14O4.C9H10ClF.C9H11Cl.C9H14N2O2.2C8H10ClN.C7H9ClN2.CH5N.H3N.H2/c1-4-15-11(14)9-6-7(2)5-8(9)10(13)12-3;1-8(2)10-4-3-9-5-6-12-11(9)7-10;1-3-14-10(13)8-5-6(2)4-7(8)9(11)12;1-6(2)7-3-4-8(10)9(11)5-7;1-7(2)8-4-3-5-9(10)6-8;1-5-3-6(8(10)12)7(4-5)9(13)11-2;1-6(2)8-4-3-7(9)5-10-8;1-6(2)7-3-4-8(9)10-5-7;1-5(2)7-9-3-6(8)4-10-7;1-2;;/h8-9H,2,4-6H2,1,3H3,(H,12,13);3-8,12H,1-2H3;7-8H,2-5H2,1H3,(H,11,12);3-6H,1-2H3;3-7H,1-2H3;6-7H,1,3-4H2,2H3,(H2,10,12)(H,11,13);2*3-6H,1-2H3;3-5H,1-2H3;2H2,1H3;1H3;1H/t8-,9-;;7-,8-;;;6-,7-;;;;;;/m0.0..0....../s1/i;;;;;;;;;;;1+1/hD2. The van der Waals surface area contributed by atoms with Gasteiger partial charge in [-0.05, 0) is 171 Å². The van der Waals surface area contributed by atoms with Gasteiger partial charge in [-0.1, -0.05) is 214 Å². The summed E-state index contributed by atoms with van der Waals surface area (Å²) in [6.45, 7) is 40.7. The van der Waals surface area contributed by atoms with Crippen LogP contribution >= 0.6 is 58.0 Å². The minimum atomic E-state index is -0.943. The number of benzene rings is 3. The van der Waals surface area contributed by atoms with Crippen molar-refractivity contribution in [3.05, 3.63) is 223 Å². The number of rotatable bonds is 14. The number of esters is 2. The van der Waals surface area contributed by atoms with E-state index < -0.39 is 35.6 Å². The Hall–Kier alpha value is -8.08. The first-order chi connectivity index (χ1) is 51.9. The molecule has 4 heterocycles. The topological polar surface area (TPSA) is 320 Å². The minimum Gasteiger partial charge on any atom is -0.481 e. The molecule has 0 spiro atoms. The van der Waals surface area contributed by atoms with Crippen molar-refractivity contribution in [3.63, 3.8) is 0 Å². The number of nitrogens with zero attached hydrogens (tertiary/aromatic N) is 4. The summed E-state index contributed by atoms with van der Waals surface area (Å²) in [5.41, 5.74) is 16.2. The predicted molar refractivity (Wildman–Crippen MR) is 443 cm³/mol. The number of carbonyl (C=O) groups excluding carboxylic acids is 5. The van der Waals surface area contributed by atoms with Gasteiger partial charge in [-0.3, -0.25) is 33.8 Å². The number of hydrogen-bond donors (Lipinski definition) is 7. The highest BCUT2D eigenvalue weighted by Gasteiger charge is 2.42. The molecule has 596 valence electrons. The number of primary amides is 1. The van der Waals surface area contributed by atoms with Crippen molar-refractivity contribution in [2.45, 2.75) is 171 Å². The molecule has 0 saturated heterocycles. The Morgan fingerprint density at radius 1 is 0.556 bits per heavy atom. The molecular weight excluding hydrogens is 1480 g/mol. The molecule has 11 N–H and O–H groups in total. The molecule has 10 rings (SSSR count). The van der Waals surface area contributed by atoms with Crippen LogP contribution in [0.1, 0.15) is 206 Å². The highest BCUT2D eigenvalue weighted by atomic mass is 35.5. The molecule has 3 aliphatic carbocycles. The molecule has 7 aromatic rings. The molecule has 3 saturated carbocycles. The van der Waals surface area contributed by atoms with Gasteiger partial charge >= 0.3 is 17.9 Å². The number of halogens is 6. The zero-order chi connectivity index (χ0) is 84.1. The first-order valence-corrected chi connectivity index (χ1v) is 37.6. The smallest absolute Gasteiger partial charge is 0.310 e. The van der Waals surface area contributed by atoms with Crippen LogP contribution < -0.4 is 28.2 Å². The van der Waals surface area contributed by atoms with E-state index in [0.29, 0.717) is 95.8 Å². The highest BCUT2D eigenvalue weighted by Crippen LogP contribution is 2.38. The Morgan fingerprint density at radius 3 is 1.43 bits per heavy atom. The first-order valence-electron chi connectivity index (χ1n) is 36.8. The number of carboxylic acids is 1. The van der Waals surface area contributed by atoms with Gasteiger partial charge in [0.05, 0.1) is 63.8 Å². The lowest BCUT2D eigenvalue weighted by atomic mass is 9.95. The van der Waals surface area contributed by atoms with Crippen molar-refractivity contribution >= 4 is 105 Å². The van der Waals surface area contributed by atoms with E-state index in [0.717, 1.165) is 38.8 Å². The number of aliphatic carboxylic acids is 1. The van der Waals surface area contributed by atoms with Crippen LogP contribution in [-0.2, 0) is 38.2 Å². The van der Waals surface area contributed by atoms with Gasteiger partial charge < -0.3 is 47.8 Å². The number of nitrogens with two attached hydrogens (primary N) is 2. The Bertz CT molecular complexity index is 3790. The van der Waals surface area contributed by atoms with E-state index in [1.807, 2.05) is 94.3 Å². The van der Waals surface area contributed by atoms with Gasteiger partial charge in [0.25, 0.3) is 0 Å². The van der Waals surface area contributed by atoms with E-state index in [2.05, 4.69) is 153 Å². The number of carboxylic acid groups (broad SMARTS) is 1. The van der Waals surface area contributed by atoms with Crippen LogP contribution in [0.5, 0.6) is 0 Å². The quantitative estimate of drug-likeness (QED) is 0.0302. The lowest BCUT2D eigenvalue weighted by Gasteiger charge is -2.15. The third kappa shape index (κ3) is 36.9. The number of amides is 3. The van der Waals surface area contributed by atoms with Gasteiger partial charge in [0.15, 0.2) is 1.41 Å². The zero-order valence-corrected chi connectivity index (χ0v) is 69.5. The number of allylic oxidation sites excluding steroid dienone is 3. The highest BCUT2D eigenvalue weighted by molar-refractivity contribution is 6.31. The van der Waals surface area contributed by atoms with Gasteiger partial charge in [-0.25, -0.2) is 19.3 Å². The normalized spacial score (nSPS) is 16.6. The molecule has 0 unspecified atom stereocenters. The molecule has 0 aliphatic heterocycles. The first kappa shape index (κ1) is 96.0. The fraction of sp³-hybridized carbons (Fsp3) is 0.446. The summed E-state index contributed by atoms with van der Waals surface area (Å²) >= 11 is 28.1. The van der Waals surface area contributed by atoms with Gasteiger partial charge in [0.2, 0.25) is 17.7 Å². The molecule has 3 aliphatic rings. The number of fused-ring (bicyclic) bond motifs is 1. The molecule has 0 radical (unpaired) electrons. The number of carbonyl (C=O) groups is 6. The fourth-order valence-corrected chi connectivity index (χ4v) is 11.3. The van der Waals surface area contributed by atoms with E-state index in [1.54, 1.807) is 52.6 Å². The van der Waals surface area contributed by atoms with Crippen LogP contribution in [0.25, 0.3) is 10.9 Å². The Morgan fingerprint density at radius 2 is 1.01 bits per heavy atom. The molecule has 25 heteroatoms. The van der Waals surface area contributed by atoms with Crippen LogP contribution in [0, 0.1) is 41.3 Å². The SMILES string of the molecule is C=C1C[C@H](C(=O)NC)[C@@H](C(=O)OCC)C1.C=C1C[C@H](C(=O)O)[C@@H](C(=O)OCC)C1.CC(C)c1ccc(Cl)c(F)c1.CC(C)c1ccc(Cl)cn1.CC(C)c1ccc(Cl)nc1.CC(C)c1ccc2cc[nH]c2c1.CC(C)c1cccc(Cl)c1.CC(C)c1ncc(Cl)cn1.CN.[2HH].[2H]N.[2H]NC(=O)[C@H]1CC(=C)C[C@@H]1C(=O)NC. The number of pyridine rings is 2. The van der Waals surface area contributed by atoms with Crippen LogP contribution in [0.2, 0.25) is 28.1 Å². The van der Waals surface area contributed by atoms with Gasteiger partial charge in [0, 0.05) is 68.7 Å². The maximum Gasteiger partial charge on any atom is 0.310 e. The summed E-state index contributed by atoms with van der Waals surface area (Å²) in [4.78, 5) is 87.4. The van der Waals surface area contributed by atoms with Gasteiger partial charge in [0.1, 0.15) is 18.2 Å². The van der Waals surface area contributed by atoms with E-state index in [-0.39, 0.29) is 54.4 Å². The Balaban J connectivity index is 0. The van der Waals surface area contributed by atoms with Crippen LogP contribution in [0.15, 0.2) is 158 Å². The number of aromatic nitrogens is 5. The maximum atomic E-state index is 12.8. The largest absolute Gasteiger partial charge is 0.481 e. The summed E-state index contributed by atoms with van der Waals surface area (Å²) in [6.07, 6.45) is 15.5. The average Bonchev–Trinajstić information content (AvgIpc) is 1.71. The Kier molecular flexibility index (Phi) is 47.0. The van der Waals surface area contributed by atoms with Gasteiger partial charge in [-0.15, -0.1) is 0 Å². The van der Waals surface area contributed by atoms with Crippen molar-refractivity contribution in [2.75, 3.05) is 34.4 Å². The molecule has 108 heavy (non-hydrogen) atoms. The van der Waals surface area contributed by atoms with Crippen LogP contribution in [-0.4, -0.2) is 100 Å². The van der Waals surface area contributed by atoms with Gasteiger partial charge in [-0.2, -0.15) is 0 Å². The molecule has 4 aromatic heterocycles. The average molecular weight is 1600 g/mol. The number of nitrogens with one attached hydrogen (secondary N) is 3. The van der Waals surface area contributed by atoms with Crippen molar-refractivity contribution in [1.29, 1.82) is 0 Å². The second kappa shape index (κ2) is 52.9. The van der Waals surface area contributed by atoms with Crippen LogP contribution in [0.4, 0.5) is 4.39 Å². The molecule has 3 fully saturated rings. The molecule has 19 nitrogen and oxygen atoms in total. The minimum absolute atomic E-state index is 0. The third-order valence-electron chi connectivity index (χ3n) is 16.8. The number of aromatic amines is 1. The van der Waals surface area contributed by atoms with E-state index in [1.165, 1.54) is 40.7 Å². The van der Waals surface area contributed by atoms with Crippen LogP contribution in [0.3, 0.4) is 0 Å². The second-order valence-electron chi connectivity index (χ2n) is 27.1. The molecular formula is C83H118Cl5FN10O9. The molecule has 0 bridgehead atoms. The van der Waals surface area contributed by atoms with Crippen molar-refractivity contribution in [2.24, 2.45) is 47.0 Å². The predicted octanol–water partition coefficient (Wildman–Crippen LogP) is 20.2. The summed E-state index contributed by atoms with van der Waals surface area (Å²) < 4.78 is 34.6. The molecule has 3 aromatic carbocycles. The molecule has 3 amide bonds. The van der Waals surface area contributed by atoms with Crippen molar-refractivity contribution in [1.82, 2.24) is 41.7 Å². The van der Waals surface area contributed by atoms with Crippen molar-refractivity contribution < 1.29 is 52.0 Å². The zero-order valence-electron chi connectivity index (χ0n) is 67.7. The van der Waals surface area contributed by atoms with Crippen molar-refractivity contribution in [3.8, 4) is 0 Å². The molecule has 6 atom stereocenters. The van der Waals surface area contributed by atoms with E-state index >= 15 is 0 Å². The lowest BCUT2D eigenvalue weighted by molar-refractivity contribution is -0.156. The fourth-order valence-electron chi connectivity index (χ4n) is 10.7. The van der Waals surface area contributed by atoms with E-state index in [9.17, 15) is 33.2 Å². The monoisotopic (exact) mass is 1600 g/mol. The summed E-state index contributed by atoms with van der Waals surface area (Å²) in [5.74, 6) is -1.54. The van der Waals surface area contributed by atoms with E-state index in [4.69, 9.17) is 75.4 Å². The summed E-state index contributed by atoms with van der Waals surface area (Å²) in [5, 5.41) is 18.1. The third-order valence-corrected chi connectivity index (χ3v) is 18.0. The second-order valence-corrected chi connectivity index (χ2v) is 29.2. The lowest BCUT2D eigenvalue weighted by Crippen LogP contribution is -2.35. The number of H-pyrrole nitrogens is 1. The summed E-state index contributed by atoms with van der Waals surface area (Å²) in [6, 6.07) is 29.2. The number of hydrogen-bond acceptors (Lipinski definition) is 14. The summed E-state index contributed by atoms with van der Waals surface area (Å²) in [7, 11) is 4.62. The maximum absolute atomic E-state index is 12.8. The Labute approximate surface area is 669 Å².